The summed E-state index contributed by atoms with van der Waals surface area (Å²) in [6.07, 6.45) is 3.83. The highest BCUT2D eigenvalue weighted by molar-refractivity contribution is 6.31. The fraction of sp³-hybridized carbons (Fsp3) is 0.667. The molecule has 1 aromatic heterocycles. The van der Waals surface area contributed by atoms with Crippen LogP contribution in [-0.4, -0.2) is 23.6 Å². The second-order valence-corrected chi connectivity index (χ2v) is 6.50. The second kappa shape index (κ2) is 5.29. The van der Waals surface area contributed by atoms with E-state index in [1.165, 1.54) is 19.3 Å². The van der Waals surface area contributed by atoms with Crippen LogP contribution in [0.1, 0.15) is 38.8 Å². The van der Waals surface area contributed by atoms with Crippen LogP contribution in [0.2, 0.25) is 5.02 Å². The molecule has 0 spiro atoms. The molecule has 1 aromatic rings. The van der Waals surface area contributed by atoms with E-state index in [2.05, 4.69) is 30.1 Å². The molecule has 2 fully saturated rings. The first-order valence-electron chi connectivity index (χ1n) is 7.29. The van der Waals surface area contributed by atoms with Gasteiger partial charge in [-0.1, -0.05) is 18.5 Å². The number of nitrogens with zero attached hydrogens (tertiary/aromatic N) is 2. The highest BCUT2D eigenvalue weighted by atomic mass is 35.5. The number of anilines is 1. The third kappa shape index (κ3) is 3.03. The van der Waals surface area contributed by atoms with E-state index in [-0.39, 0.29) is 0 Å². The van der Waals surface area contributed by atoms with E-state index in [0.717, 1.165) is 35.5 Å². The minimum atomic E-state index is 0.577. The van der Waals surface area contributed by atoms with Gasteiger partial charge in [0.15, 0.2) is 0 Å². The number of hydrogen-bond donors (Lipinski definition) is 1. The minimum absolute atomic E-state index is 0.577. The van der Waals surface area contributed by atoms with E-state index in [9.17, 15) is 0 Å². The zero-order valence-corrected chi connectivity index (χ0v) is 12.5. The Bertz CT molecular complexity index is 459. The van der Waals surface area contributed by atoms with Crippen molar-refractivity contribution < 1.29 is 0 Å². The van der Waals surface area contributed by atoms with Crippen LogP contribution < -0.4 is 10.2 Å². The number of rotatable bonds is 4. The average Bonchev–Trinajstić information content (AvgIpc) is 3.13. The number of pyridine rings is 1. The molecule has 1 saturated heterocycles. The lowest BCUT2D eigenvalue weighted by Gasteiger charge is -2.23. The van der Waals surface area contributed by atoms with Crippen molar-refractivity contribution in [3.63, 3.8) is 0 Å². The Morgan fingerprint density at radius 1 is 1.37 bits per heavy atom. The van der Waals surface area contributed by atoms with Crippen LogP contribution in [-0.2, 0) is 6.54 Å². The van der Waals surface area contributed by atoms with Crippen LogP contribution in [0.3, 0.4) is 0 Å². The molecule has 1 aliphatic heterocycles. The van der Waals surface area contributed by atoms with Crippen molar-refractivity contribution in [1.82, 2.24) is 10.3 Å². The maximum absolute atomic E-state index is 6.25. The lowest BCUT2D eigenvalue weighted by molar-refractivity contribution is 0.625. The Morgan fingerprint density at radius 3 is 2.79 bits per heavy atom. The van der Waals surface area contributed by atoms with Crippen molar-refractivity contribution in [1.29, 1.82) is 0 Å². The summed E-state index contributed by atoms with van der Waals surface area (Å²) in [7, 11) is 0. The van der Waals surface area contributed by atoms with Gasteiger partial charge in [0.05, 0.1) is 10.7 Å². The van der Waals surface area contributed by atoms with Crippen LogP contribution in [0.5, 0.6) is 0 Å². The molecule has 104 valence electrons. The van der Waals surface area contributed by atoms with Crippen molar-refractivity contribution in [3.8, 4) is 0 Å². The van der Waals surface area contributed by atoms with Gasteiger partial charge in [-0.15, -0.1) is 0 Å². The Hall–Kier alpha value is -0.800. The van der Waals surface area contributed by atoms with E-state index in [1.807, 2.05) is 6.07 Å². The molecule has 2 unspecified atom stereocenters. The topological polar surface area (TPSA) is 28.2 Å². The van der Waals surface area contributed by atoms with Crippen molar-refractivity contribution in [2.24, 2.45) is 5.92 Å². The van der Waals surface area contributed by atoms with Crippen molar-refractivity contribution in [3.05, 3.63) is 22.8 Å². The molecule has 1 saturated carbocycles. The summed E-state index contributed by atoms with van der Waals surface area (Å²) in [6, 6.07) is 5.31. The van der Waals surface area contributed by atoms with Crippen molar-refractivity contribution >= 4 is 17.4 Å². The molecule has 1 aliphatic carbocycles. The summed E-state index contributed by atoms with van der Waals surface area (Å²) < 4.78 is 0. The van der Waals surface area contributed by atoms with Gasteiger partial charge in [0.25, 0.3) is 0 Å². The molecule has 0 bridgehead atoms. The first kappa shape index (κ1) is 13.2. The van der Waals surface area contributed by atoms with Gasteiger partial charge >= 0.3 is 0 Å². The van der Waals surface area contributed by atoms with Crippen LogP contribution in [0.4, 0.5) is 5.82 Å². The molecule has 3 rings (SSSR count). The summed E-state index contributed by atoms with van der Waals surface area (Å²) in [5.74, 6) is 1.83. The van der Waals surface area contributed by atoms with E-state index >= 15 is 0 Å². The number of nitrogens with one attached hydrogen (secondary N) is 1. The van der Waals surface area contributed by atoms with Gasteiger partial charge in [0, 0.05) is 25.2 Å². The molecule has 0 aromatic carbocycles. The molecule has 0 radical (unpaired) electrons. The van der Waals surface area contributed by atoms with E-state index in [4.69, 9.17) is 16.6 Å². The van der Waals surface area contributed by atoms with Crippen LogP contribution in [0.25, 0.3) is 0 Å². The monoisotopic (exact) mass is 279 g/mol. The normalized spacial score (nSPS) is 27.0. The smallest absolute Gasteiger partial charge is 0.129 e. The van der Waals surface area contributed by atoms with Gasteiger partial charge in [-0.3, -0.25) is 0 Å². The van der Waals surface area contributed by atoms with Crippen molar-refractivity contribution in [2.45, 2.75) is 51.7 Å². The zero-order valence-electron chi connectivity index (χ0n) is 11.7. The highest BCUT2D eigenvalue weighted by Crippen LogP contribution is 2.29. The van der Waals surface area contributed by atoms with Gasteiger partial charge in [-0.25, -0.2) is 4.98 Å². The lowest BCUT2D eigenvalue weighted by Crippen LogP contribution is -2.28. The predicted octanol–water partition coefficient (Wildman–Crippen LogP) is 3.22. The van der Waals surface area contributed by atoms with E-state index in [1.54, 1.807) is 0 Å². The molecule has 3 nitrogen and oxygen atoms in total. The van der Waals surface area contributed by atoms with E-state index < -0.39 is 0 Å². The molecule has 2 heterocycles. The largest absolute Gasteiger partial charge is 0.354 e. The maximum Gasteiger partial charge on any atom is 0.129 e. The molecule has 2 atom stereocenters. The van der Waals surface area contributed by atoms with E-state index in [0.29, 0.717) is 12.1 Å². The Balaban J connectivity index is 1.75. The van der Waals surface area contributed by atoms with Gasteiger partial charge in [0.1, 0.15) is 5.82 Å². The fourth-order valence-electron chi connectivity index (χ4n) is 2.90. The Labute approximate surface area is 120 Å². The fourth-order valence-corrected chi connectivity index (χ4v) is 3.08. The number of aromatic nitrogens is 1. The maximum atomic E-state index is 6.25. The minimum Gasteiger partial charge on any atom is -0.354 e. The molecular formula is C15H22ClN3. The number of hydrogen-bond acceptors (Lipinski definition) is 3. The highest BCUT2D eigenvalue weighted by Gasteiger charge is 2.27. The third-order valence-corrected chi connectivity index (χ3v) is 4.46. The second-order valence-electron chi connectivity index (χ2n) is 6.10. The summed E-state index contributed by atoms with van der Waals surface area (Å²) in [5.41, 5.74) is 0.984. The molecule has 1 N–H and O–H groups in total. The molecule has 4 heteroatoms. The summed E-state index contributed by atoms with van der Waals surface area (Å²) in [5, 5.41) is 4.26. The molecule has 19 heavy (non-hydrogen) atoms. The molecule has 2 aliphatic rings. The standard InChI is InChI=1S/C15H22ClN3/c1-10-7-11(2)19(9-10)15-6-5-13(16)14(18-15)8-17-12-3-4-12/h5-6,10-12,17H,3-4,7-9H2,1-2H3. The SMILES string of the molecule is CC1CC(C)N(c2ccc(Cl)c(CNC3CC3)n2)C1. The summed E-state index contributed by atoms with van der Waals surface area (Å²) in [6.45, 7) is 6.48. The van der Waals surface area contributed by atoms with Crippen molar-refractivity contribution in [2.75, 3.05) is 11.4 Å². The van der Waals surface area contributed by atoms with Gasteiger partial charge in [-0.05, 0) is 44.2 Å². The van der Waals surface area contributed by atoms with Crippen LogP contribution in [0.15, 0.2) is 12.1 Å². The van der Waals surface area contributed by atoms with Gasteiger partial charge in [0.2, 0.25) is 0 Å². The Morgan fingerprint density at radius 2 is 2.16 bits per heavy atom. The average molecular weight is 280 g/mol. The van der Waals surface area contributed by atoms with Gasteiger partial charge < -0.3 is 10.2 Å². The summed E-state index contributed by atoms with van der Waals surface area (Å²) in [4.78, 5) is 7.17. The van der Waals surface area contributed by atoms with Crippen LogP contribution >= 0.6 is 11.6 Å². The third-order valence-electron chi connectivity index (χ3n) is 4.12. The lowest BCUT2D eigenvalue weighted by atomic mass is 10.1. The number of halogens is 1. The van der Waals surface area contributed by atoms with Crippen LogP contribution in [0, 0.1) is 5.92 Å². The molecular weight excluding hydrogens is 258 g/mol. The first-order chi connectivity index (χ1) is 9.13. The summed E-state index contributed by atoms with van der Waals surface area (Å²) >= 11 is 6.25. The predicted molar refractivity (Wildman–Crippen MR) is 79.7 cm³/mol. The van der Waals surface area contributed by atoms with Gasteiger partial charge in [-0.2, -0.15) is 0 Å². The Kier molecular flexibility index (Phi) is 3.68. The molecule has 0 amide bonds. The zero-order chi connectivity index (χ0) is 13.4. The quantitative estimate of drug-likeness (QED) is 0.917. The first-order valence-corrected chi connectivity index (χ1v) is 7.66.